The second kappa shape index (κ2) is 6.36. The van der Waals surface area contributed by atoms with Crippen LogP contribution in [0.25, 0.3) is 11.5 Å². The molecule has 0 bridgehead atoms. The van der Waals surface area contributed by atoms with Gasteiger partial charge in [-0.25, -0.2) is 4.68 Å². The van der Waals surface area contributed by atoms with Crippen molar-refractivity contribution in [3.8, 4) is 11.5 Å². The van der Waals surface area contributed by atoms with Crippen LogP contribution in [0.4, 0.5) is 11.4 Å². The van der Waals surface area contributed by atoms with E-state index in [-0.39, 0.29) is 17.2 Å². The van der Waals surface area contributed by atoms with Gasteiger partial charge in [-0.2, -0.15) is 0 Å². The topological polar surface area (TPSA) is 99.0 Å². The summed E-state index contributed by atoms with van der Waals surface area (Å²) in [5, 5.41) is 18.0. The third kappa shape index (κ3) is 3.40. The molecule has 0 aliphatic carbocycles. The van der Waals surface area contributed by atoms with Gasteiger partial charge in [0.25, 0.3) is 10.5 Å². The van der Waals surface area contributed by atoms with Gasteiger partial charge in [-0.1, -0.05) is 0 Å². The minimum absolute atomic E-state index is 0.0357. The van der Waals surface area contributed by atoms with Crippen LogP contribution in [0, 0.1) is 15.0 Å². The van der Waals surface area contributed by atoms with E-state index in [9.17, 15) is 10.1 Å². The zero-order valence-electron chi connectivity index (χ0n) is 11.7. The van der Waals surface area contributed by atoms with Crippen LogP contribution in [-0.2, 0) is 6.67 Å². The second-order valence-electron chi connectivity index (χ2n) is 4.55. The standard InChI is InChI=1S/C14H11N5O3S/c20-19(21)12-3-1-11(2-4-12)16-9-18-14(23)22-13(17-18)10-5-7-15-8-6-10/h1-8,16H,9H2. The highest BCUT2D eigenvalue weighted by Gasteiger charge is 2.08. The first kappa shape index (κ1) is 14.9. The van der Waals surface area contributed by atoms with E-state index >= 15 is 0 Å². The molecule has 9 heteroatoms. The van der Waals surface area contributed by atoms with E-state index in [1.165, 1.54) is 16.8 Å². The number of nitro benzene ring substituents is 1. The van der Waals surface area contributed by atoms with Crippen molar-refractivity contribution in [2.75, 3.05) is 5.32 Å². The minimum Gasteiger partial charge on any atom is -0.409 e. The predicted octanol–water partition coefficient (Wildman–Crippen LogP) is 3.25. The quantitative estimate of drug-likeness (QED) is 0.436. The molecule has 0 fully saturated rings. The normalized spacial score (nSPS) is 10.4. The Morgan fingerprint density at radius 3 is 2.57 bits per heavy atom. The molecule has 0 atom stereocenters. The summed E-state index contributed by atoms with van der Waals surface area (Å²) in [7, 11) is 0. The predicted molar refractivity (Wildman–Crippen MR) is 85.3 cm³/mol. The molecule has 0 radical (unpaired) electrons. The molecule has 3 rings (SSSR count). The van der Waals surface area contributed by atoms with Crippen LogP contribution in [0.1, 0.15) is 0 Å². The fourth-order valence-electron chi connectivity index (χ4n) is 1.88. The van der Waals surface area contributed by atoms with Crippen LogP contribution >= 0.6 is 12.2 Å². The first-order valence-corrected chi connectivity index (χ1v) is 7.01. The van der Waals surface area contributed by atoms with Gasteiger partial charge >= 0.3 is 0 Å². The van der Waals surface area contributed by atoms with Crippen molar-refractivity contribution in [1.29, 1.82) is 0 Å². The van der Waals surface area contributed by atoms with Crippen LogP contribution < -0.4 is 5.32 Å². The molecule has 0 saturated heterocycles. The maximum absolute atomic E-state index is 10.6. The van der Waals surface area contributed by atoms with E-state index in [0.717, 1.165) is 5.56 Å². The molecule has 0 unspecified atom stereocenters. The lowest BCUT2D eigenvalue weighted by Crippen LogP contribution is -2.09. The molecule has 2 heterocycles. The van der Waals surface area contributed by atoms with E-state index in [1.54, 1.807) is 36.7 Å². The number of hydrogen-bond donors (Lipinski definition) is 1. The average molecular weight is 329 g/mol. The fourth-order valence-corrected chi connectivity index (χ4v) is 2.07. The van der Waals surface area contributed by atoms with Crippen molar-refractivity contribution in [2.24, 2.45) is 0 Å². The van der Waals surface area contributed by atoms with E-state index in [4.69, 9.17) is 16.6 Å². The monoisotopic (exact) mass is 329 g/mol. The molecule has 8 nitrogen and oxygen atoms in total. The maximum atomic E-state index is 10.6. The Labute approximate surface area is 135 Å². The van der Waals surface area contributed by atoms with Crippen LogP contribution in [0.15, 0.2) is 53.2 Å². The molecule has 0 saturated carbocycles. The van der Waals surface area contributed by atoms with Gasteiger partial charge < -0.3 is 9.73 Å². The first-order chi connectivity index (χ1) is 11.1. The number of pyridine rings is 1. The number of hydrogen-bond acceptors (Lipinski definition) is 7. The number of rotatable bonds is 5. The minimum atomic E-state index is -0.446. The van der Waals surface area contributed by atoms with Gasteiger partial charge in [-0.15, -0.1) is 5.10 Å². The lowest BCUT2D eigenvalue weighted by molar-refractivity contribution is -0.384. The third-order valence-corrected chi connectivity index (χ3v) is 3.34. The fraction of sp³-hybridized carbons (Fsp3) is 0.0714. The van der Waals surface area contributed by atoms with E-state index in [1.807, 2.05) is 0 Å². The zero-order chi connectivity index (χ0) is 16.2. The highest BCUT2D eigenvalue weighted by atomic mass is 32.1. The van der Waals surface area contributed by atoms with E-state index in [2.05, 4.69) is 15.4 Å². The lowest BCUT2D eigenvalue weighted by Gasteiger charge is -2.04. The molecule has 0 aliphatic rings. The zero-order valence-corrected chi connectivity index (χ0v) is 12.6. The molecule has 2 aromatic heterocycles. The molecular weight excluding hydrogens is 318 g/mol. The first-order valence-electron chi connectivity index (χ1n) is 6.60. The summed E-state index contributed by atoms with van der Waals surface area (Å²) >= 11 is 5.13. The van der Waals surface area contributed by atoms with Crippen molar-refractivity contribution in [3.05, 3.63) is 63.7 Å². The Balaban J connectivity index is 1.72. The van der Waals surface area contributed by atoms with E-state index in [0.29, 0.717) is 11.6 Å². The molecule has 23 heavy (non-hydrogen) atoms. The van der Waals surface area contributed by atoms with Gasteiger partial charge in [0.1, 0.15) is 6.67 Å². The molecule has 3 aromatic rings. The Kier molecular flexibility index (Phi) is 4.11. The Morgan fingerprint density at radius 1 is 1.22 bits per heavy atom. The van der Waals surface area contributed by atoms with Gasteiger partial charge in [0, 0.05) is 35.8 Å². The van der Waals surface area contributed by atoms with Crippen LogP contribution in [0.3, 0.4) is 0 Å². The number of aromatic nitrogens is 3. The highest BCUT2D eigenvalue weighted by molar-refractivity contribution is 7.71. The third-order valence-electron chi connectivity index (χ3n) is 3.04. The summed E-state index contributed by atoms with van der Waals surface area (Å²) < 4.78 is 6.94. The number of anilines is 1. The number of non-ortho nitro benzene ring substituents is 1. The number of nitrogens with zero attached hydrogens (tertiary/aromatic N) is 4. The Bertz CT molecular complexity index is 873. The van der Waals surface area contributed by atoms with Gasteiger partial charge in [0.15, 0.2) is 0 Å². The SMILES string of the molecule is O=[N+]([O-])c1ccc(NCn2nc(-c3ccncc3)oc2=S)cc1. The smallest absolute Gasteiger partial charge is 0.289 e. The van der Waals surface area contributed by atoms with Crippen molar-refractivity contribution < 1.29 is 9.34 Å². The summed E-state index contributed by atoms with van der Waals surface area (Å²) in [6.07, 6.45) is 3.28. The largest absolute Gasteiger partial charge is 0.409 e. The van der Waals surface area contributed by atoms with Gasteiger partial charge in [0.2, 0.25) is 5.89 Å². The van der Waals surface area contributed by atoms with Crippen molar-refractivity contribution in [3.63, 3.8) is 0 Å². The van der Waals surface area contributed by atoms with Crippen molar-refractivity contribution in [1.82, 2.24) is 14.8 Å². The van der Waals surface area contributed by atoms with Crippen LogP contribution in [0.5, 0.6) is 0 Å². The Morgan fingerprint density at radius 2 is 1.91 bits per heavy atom. The molecule has 116 valence electrons. The van der Waals surface area contributed by atoms with Crippen LogP contribution in [-0.4, -0.2) is 19.7 Å². The average Bonchev–Trinajstić information content (AvgIpc) is 2.95. The van der Waals surface area contributed by atoms with Crippen LogP contribution in [0.2, 0.25) is 0 Å². The summed E-state index contributed by atoms with van der Waals surface area (Å²) in [5.74, 6) is 0.405. The summed E-state index contributed by atoms with van der Waals surface area (Å²) in [5.41, 5.74) is 1.53. The summed E-state index contributed by atoms with van der Waals surface area (Å²) in [4.78, 5) is 14.3. The highest BCUT2D eigenvalue weighted by Crippen LogP contribution is 2.18. The number of nitro groups is 1. The second-order valence-corrected chi connectivity index (χ2v) is 4.90. The van der Waals surface area contributed by atoms with Gasteiger partial charge in [-0.05, 0) is 36.5 Å². The molecule has 1 aromatic carbocycles. The molecule has 0 spiro atoms. The molecule has 1 N–H and O–H groups in total. The van der Waals surface area contributed by atoms with Crippen molar-refractivity contribution >= 4 is 23.6 Å². The summed E-state index contributed by atoms with van der Waals surface area (Å²) in [6, 6.07) is 9.63. The van der Waals surface area contributed by atoms with Crippen molar-refractivity contribution in [2.45, 2.75) is 6.67 Å². The van der Waals surface area contributed by atoms with Gasteiger partial charge in [0.05, 0.1) is 4.92 Å². The van der Waals surface area contributed by atoms with Gasteiger partial charge in [-0.3, -0.25) is 15.1 Å². The molecule has 0 aliphatic heterocycles. The Hall–Kier alpha value is -3.07. The maximum Gasteiger partial charge on any atom is 0.289 e. The van der Waals surface area contributed by atoms with E-state index < -0.39 is 4.92 Å². The number of nitrogens with one attached hydrogen (secondary N) is 1. The lowest BCUT2D eigenvalue weighted by atomic mass is 10.3. The molecular formula is C14H11N5O3S. The number of benzene rings is 1. The summed E-state index contributed by atoms with van der Waals surface area (Å²) in [6.45, 7) is 0.283. The molecule has 0 amide bonds.